The Morgan fingerprint density at radius 3 is 2.37 bits per heavy atom. The first-order valence-corrected chi connectivity index (χ1v) is 16.2. The van der Waals surface area contributed by atoms with E-state index < -0.39 is 26.1 Å². The molecule has 3 aromatic rings. The van der Waals surface area contributed by atoms with Crippen molar-refractivity contribution in [1.29, 1.82) is 0 Å². The van der Waals surface area contributed by atoms with Crippen LogP contribution in [0.2, 0.25) is 0 Å². The molecule has 1 N–H and O–H groups in total. The van der Waals surface area contributed by atoms with Crippen LogP contribution >= 0.6 is 23.1 Å². The van der Waals surface area contributed by atoms with Crippen LogP contribution in [0.1, 0.15) is 6.42 Å². The van der Waals surface area contributed by atoms with Crippen LogP contribution in [-0.4, -0.2) is 76.2 Å². The first-order valence-electron chi connectivity index (χ1n) is 11.0. The van der Waals surface area contributed by atoms with Crippen molar-refractivity contribution < 1.29 is 21.6 Å². The van der Waals surface area contributed by atoms with Gasteiger partial charge < -0.3 is 4.90 Å². The molecule has 1 amide bonds. The number of sulfonamides is 2. The Bertz CT molecular complexity index is 1380. The maximum absolute atomic E-state index is 13.3. The van der Waals surface area contributed by atoms with Gasteiger partial charge in [0.25, 0.3) is 10.0 Å². The van der Waals surface area contributed by atoms with Gasteiger partial charge in [-0.1, -0.05) is 36.4 Å². The summed E-state index contributed by atoms with van der Waals surface area (Å²) in [5.41, 5.74) is 0. The molecule has 1 aliphatic heterocycles. The summed E-state index contributed by atoms with van der Waals surface area (Å²) >= 11 is 2.69. The molecular weight excluding hydrogens is 527 g/mol. The van der Waals surface area contributed by atoms with Crippen LogP contribution in [0.15, 0.2) is 69.1 Å². The van der Waals surface area contributed by atoms with E-state index >= 15 is 0 Å². The third-order valence-corrected chi connectivity index (χ3v) is 11.3. The molecule has 1 fully saturated rings. The number of carbonyl (C=O) groups excluding carboxylic acids is 1. The van der Waals surface area contributed by atoms with E-state index in [2.05, 4.69) is 4.72 Å². The van der Waals surface area contributed by atoms with Gasteiger partial charge in [-0.05, 0) is 52.8 Å². The van der Waals surface area contributed by atoms with Crippen molar-refractivity contribution in [1.82, 2.24) is 13.9 Å². The van der Waals surface area contributed by atoms with Crippen LogP contribution in [0.5, 0.6) is 0 Å². The number of hydrogen-bond donors (Lipinski definition) is 1. The number of fused-ring (bicyclic) bond motifs is 1. The van der Waals surface area contributed by atoms with E-state index in [0.717, 1.165) is 22.1 Å². The van der Waals surface area contributed by atoms with Crippen LogP contribution in [0, 0.1) is 0 Å². The molecule has 35 heavy (non-hydrogen) atoms. The molecule has 2 aromatic carbocycles. The van der Waals surface area contributed by atoms with Crippen molar-refractivity contribution in [3.05, 3.63) is 60.0 Å². The van der Waals surface area contributed by atoms with Gasteiger partial charge in [0.2, 0.25) is 15.9 Å². The number of nitrogens with zero attached hydrogens (tertiary/aromatic N) is 2. The maximum atomic E-state index is 13.3. The predicted molar refractivity (Wildman–Crippen MR) is 141 cm³/mol. The Morgan fingerprint density at radius 2 is 1.71 bits per heavy atom. The van der Waals surface area contributed by atoms with Crippen molar-refractivity contribution in [2.75, 3.05) is 38.2 Å². The van der Waals surface area contributed by atoms with Crippen molar-refractivity contribution in [3.8, 4) is 0 Å². The molecule has 1 saturated heterocycles. The zero-order valence-electron chi connectivity index (χ0n) is 19.2. The van der Waals surface area contributed by atoms with Gasteiger partial charge in [-0.15, -0.1) is 11.3 Å². The number of carbonyl (C=O) groups is 1. The molecular formula is C23H27N3O5S4. The van der Waals surface area contributed by atoms with Gasteiger partial charge in [-0.3, -0.25) is 4.79 Å². The highest BCUT2D eigenvalue weighted by atomic mass is 32.2. The van der Waals surface area contributed by atoms with Gasteiger partial charge in [-0.25, -0.2) is 16.8 Å². The fourth-order valence-corrected chi connectivity index (χ4v) is 8.26. The monoisotopic (exact) mass is 553 g/mol. The lowest BCUT2D eigenvalue weighted by molar-refractivity contribution is -0.134. The van der Waals surface area contributed by atoms with Gasteiger partial charge in [0.05, 0.1) is 4.90 Å². The lowest BCUT2D eigenvalue weighted by Gasteiger charge is -2.35. The Hall–Kier alpha value is -1.96. The summed E-state index contributed by atoms with van der Waals surface area (Å²) in [7, 11) is -7.53. The van der Waals surface area contributed by atoms with Crippen molar-refractivity contribution in [2.24, 2.45) is 0 Å². The van der Waals surface area contributed by atoms with Crippen LogP contribution in [-0.2, 0) is 24.8 Å². The summed E-state index contributed by atoms with van der Waals surface area (Å²) in [6.07, 6.45) is 2.23. The topological polar surface area (TPSA) is 104 Å². The van der Waals surface area contributed by atoms with Crippen LogP contribution in [0.4, 0.5) is 0 Å². The highest BCUT2D eigenvalue weighted by Gasteiger charge is 2.34. The second-order valence-electron chi connectivity index (χ2n) is 8.13. The third-order valence-electron chi connectivity index (χ3n) is 5.88. The molecule has 0 aliphatic carbocycles. The number of thioether (sulfide) groups is 1. The molecule has 0 bridgehead atoms. The molecule has 1 aliphatic rings. The minimum atomic E-state index is -3.94. The minimum Gasteiger partial charge on any atom is -0.339 e. The molecule has 0 spiro atoms. The molecule has 1 aromatic heterocycles. The quantitative estimate of drug-likeness (QED) is 0.437. The van der Waals surface area contributed by atoms with Crippen molar-refractivity contribution >= 4 is 59.8 Å². The average Bonchev–Trinajstić information content (AvgIpc) is 3.42. The van der Waals surface area contributed by atoms with E-state index in [1.807, 2.05) is 30.5 Å². The molecule has 4 rings (SSSR count). The number of amides is 1. The van der Waals surface area contributed by atoms with Crippen molar-refractivity contribution in [3.63, 3.8) is 0 Å². The van der Waals surface area contributed by atoms with Gasteiger partial charge in [0, 0.05) is 26.2 Å². The second kappa shape index (κ2) is 11.0. The highest BCUT2D eigenvalue weighted by Crippen LogP contribution is 2.23. The van der Waals surface area contributed by atoms with E-state index in [-0.39, 0.29) is 41.2 Å². The largest absolute Gasteiger partial charge is 0.339 e. The number of piperazine rings is 1. The zero-order valence-corrected chi connectivity index (χ0v) is 22.4. The van der Waals surface area contributed by atoms with Crippen LogP contribution in [0.25, 0.3) is 10.8 Å². The first kappa shape index (κ1) is 26.1. The normalized spacial score (nSPS) is 16.4. The zero-order chi connectivity index (χ0) is 25.1. The molecule has 2 heterocycles. The van der Waals surface area contributed by atoms with E-state index in [4.69, 9.17) is 0 Å². The number of rotatable bonds is 9. The Balaban J connectivity index is 1.47. The Kier molecular flexibility index (Phi) is 8.19. The summed E-state index contributed by atoms with van der Waals surface area (Å²) in [6.45, 7) is 0.741. The van der Waals surface area contributed by atoms with Crippen LogP contribution < -0.4 is 4.72 Å². The number of thiophene rings is 1. The molecule has 0 radical (unpaired) electrons. The van der Waals surface area contributed by atoms with Gasteiger partial charge in [0.15, 0.2) is 0 Å². The van der Waals surface area contributed by atoms with Crippen molar-refractivity contribution in [2.45, 2.75) is 21.6 Å². The van der Waals surface area contributed by atoms with E-state index in [1.54, 1.807) is 34.5 Å². The molecule has 188 valence electrons. The van der Waals surface area contributed by atoms with E-state index in [9.17, 15) is 21.6 Å². The summed E-state index contributed by atoms with van der Waals surface area (Å²) < 4.78 is 56.2. The molecule has 12 heteroatoms. The molecule has 8 nitrogen and oxygen atoms in total. The number of nitrogens with one attached hydrogen (secondary N) is 1. The van der Waals surface area contributed by atoms with Gasteiger partial charge in [-0.2, -0.15) is 20.8 Å². The summed E-state index contributed by atoms with van der Waals surface area (Å²) in [5.74, 6) is 0.264. The lowest BCUT2D eigenvalue weighted by atomic mass is 10.1. The first-order chi connectivity index (χ1) is 16.7. The smallest absolute Gasteiger partial charge is 0.252 e. The third kappa shape index (κ3) is 5.89. The fraction of sp³-hybridized carbons (Fsp3) is 0.348. The predicted octanol–water partition coefficient (Wildman–Crippen LogP) is 2.83. The number of benzene rings is 2. The fourth-order valence-electron chi connectivity index (χ4n) is 3.97. The van der Waals surface area contributed by atoms with Gasteiger partial charge in [0.1, 0.15) is 10.3 Å². The van der Waals surface area contributed by atoms with E-state index in [1.165, 1.54) is 22.1 Å². The SMILES string of the molecule is CSCC[C@H](NS(=O)(=O)c1ccc2ccccc2c1)C(=O)N1CCN(S(=O)(=O)c2cccs2)CC1. The van der Waals surface area contributed by atoms with E-state index in [0.29, 0.717) is 12.2 Å². The number of hydrogen-bond acceptors (Lipinski definition) is 7. The average molecular weight is 554 g/mol. The Morgan fingerprint density at radius 1 is 1.00 bits per heavy atom. The summed E-state index contributed by atoms with van der Waals surface area (Å²) in [4.78, 5) is 15.0. The Labute approximate surface area is 214 Å². The summed E-state index contributed by atoms with van der Waals surface area (Å²) in [5, 5.41) is 3.44. The summed E-state index contributed by atoms with van der Waals surface area (Å²) in [6, 6.07) is 14.7. The standard InChI is InChI=1S/C23H27N3O5S4/c1-32-16-10-21(24-34(28,29)20-9-8-18-5-2-3-6-19(18)17-20)23(27)25-11-13-26(14-12-25)35(30,31)22-7-4-15-33-22/h2-9,15,17,21,24H,10-14,16H2,1H3/t21-/m0/s1. The van der Waals surface area contributed by atoms with Gasteiger partial charge >= 0.3 is 0 Å². The minimum absolute atomic E-state index is 0.102. The van der Waals surface area contributed by atoms with Crippen LogP contribution in [0.3, 0.4) is 0 Å². The maximum Gasteiger partial charge on any atom is 0.252 e. The highest BCUT2D eigenvalue weighted by molar-refractivity contribution is 7.98. The lowest BCUT2D eigenvalue weighted by Crippen LogP contribution is -2.55. The molecule has 0 saturated carbocycles. The second-order valence-corrected chi connectivity index (χ2v) is 13.9. The molecule has 1 atom stereocenters. The molecule has 0 unspecified atom stereocenters.